The average molecular weight is 481 g/mol. The Bertz CT molecular complexity index is 1180. The van der Waals surface area contributed by atoms with Crippen molar-refractivity contribution < 1.29 is 18.0 Å². The van der Waals surface area contributed by atoms with Gasteiger partial charge in [-0.25, -0.2) is 8.42 Å². The summed E-state index contributed by atoms with van der Waals surface area (Å²) in [5.41, 5.74) is 1.06. The van der Waals surface area contributed by atoms with E-state index in [0.29, 0.717) is 19.3 Å². The van der Waals surface area contributed by atoms with Crippen molar-refractivity contribution in [3.63, 3.8) is 0 Å². The zero-order valence-electron chi connectivity index (χ0n) is 18.8. The Kier molecular flexibility index (Phi) is 7.29. The molecule has 34 heavy (non-hydrogen) atoms. The lowest BCUT2D eigenvalue weighted by Crippen LogP contribution is -2.51. The first-order valence-corrected chi connectivity index (χ1v) is 13.0. The fraction of sp³-hybridized carbons (Fsp3) is 0.400. The largest absolute Gasteiger partial charge is 0.352 e. The molecule has 178 valence electrons. The van der Waals surface area contributed by atoms with E-state index in [1.54, 1.807) is 12.1 Å². The molecule has 0 aromatic heterocycles. The number of piperidine rings is 1. The molecule has 2 aliphatic rings. The van der Waals surface area contributed by atoms with Crippen LogP contribution in [0.1, 0.15) is 36.8 Å². The van der Waals surface area contributed by atoms with Gasteiger partial charge in [0.25, 0.3) is 0 Å². The minimum atomic E-state index is -3.82. The van der Waals surface area contributed by atoms with Crippen molar-refractivity contribution in [2.24, 2.45) is 5.92 Å². The van der Waals surface area contributed by atoms with Crippen molar-refractivity contribution in [1.29, 1.82) is 5.26 Å². The number of rotatable bonds is 8. The summed E-state index contributed by atoms with van der Waals surface area (Å²) in [6.07, 6.45) is 3.01. The average Bonchev–Trinajstić information content (AvgIpc) is 3.68. The highest BCUT2D eigenvalue weighted by Gasteiger charge is 2.35. The van der Waals surface area contributed by atoms with Crippen LogP contribution in [-0.2, 0) is 26.0 Å². The number of benzene rings is 2. The molecule has 1 saturated carbocycles. The van der Waals surface area contributed by atoms with E-state index in [1.165, 1.54) is 16.4 Å². The van der Waals surface area contributed by atoms with E-state index in [9.17, 15) is 23.3 Å². The second kappa shape index (κ2) is 10.4. The molecule has 2 N–H and O–H groups in total. The summed E-state index contributed by atoms with van der Waals surface area (Å²) in [7, 11) is -3.82. The van der Waals surface area contributed by atoms with Crippen LogP contribution in [0.15, 0.2) is 59.5 Å². The van der Waals surface area contributed by atoms with Gasteiger partial charge >= 0.3 is 0 Å². The number of nitrogens with one attached hydrogen (secondary N) is 2. The number of nitriles is 1. The van der Waals surface area contributed by atoms with Gasteiger partial charge in [0, 0.05) is 31.5 Å². The summed E-state index contributed by atoms with van der Waals surface area (Å²) in [5.74, 6) is -0.807. The van der Waals surface area contributed by atoms with Gasteiger partial charge in [-0.3, -0.25) is 9.59 Å². The van der Waals surface area contributed by atoms with Crippen molar-refractivity contribution in [2.45, 2.75) is 49.1 Å². The summed E-state index contributed by atoms with van der Waals surface area (Å²) < 4.78 is 27.4. The minimum absolute atomic E-state index is 0.0138. The monoisotopic (exact) mass is 480 g/mol. The standard InChI is InChI=1S/C25H28N4O4S/c26-17-20-8-4-5-9-23(20)34(32,33)29-14-12-19(13-15-29)24(30)28-22(25(31)27-21-10-11-21)16-18-6-2-1-3-7-18/h1-9,19,21-22H,10-16H2,(H,27,31)(H,28,30). The van der Waals surface area contributed by atoms with Crippen molar-refractivity contribution in [1.82, 2.24) is 14.9 Å². The van der Waals surface area contributed by atoms with Crippen LogP contribution in [0.25, 0.3) is 0 Å². The van der Waals surface area contributed by atoms with Crippen molar-refractivity contribution in [3.8, 4) is 6.07 Å². The van der Waals surface area contributed by atoms with Crippen LogP contribution in [-0.4, -0.2) is 49.7 Å². The van der Waals surface area contributed by atoms with Crippen LogP contribution in [0, 0.1) is 17.2 Å². The first-order chi connectivity index (χ1) is 16.4. The number of sulfonamides is 1. The predicted octanol–water partition coefficient (Wildman–Crippen LogP) is 1.97. The summed E-state index contributed by atoms with van der Waals surface area (Å²) in [6.45, 7) is 0.357. The molecule has 9 heteroatoms. The maximum Gasteiger partial charge on any atom is 0.244 e. The maximum atomic E-state index is 13.0. The first kappa shape index (κ1) is 23.9. The van der Waals surface area contributed by atoms with Gasteiger partial charge in [0.2, 0.25) is 21.8 Å². The molecule has 0 spiro atoms. The Labute approximate surface area is 200 Å². The molecule has 4 rings (SSSR count). The van der Waals surface area contributed by atoms with Gasteiger partial charge in [0.05, 0.1) is 10.5 Å². The molecule has 0 radical (unpaired) electrons. The lowest BCUT2D eigenvalue weighted by molar-refractivity contribution is -0.131. The Hall–Kier alpha value is -3.22. The number of carbonyl (C=O) groups excluding carboxylic acids is 2. The molecule has 1 unspecified atom stereocenters. The molecule has 1 heterocycles. The summed E-state index contributed by atoms with van der Waals surface area (Å²) in [5, 5.41) is 15.1. The molecule has 2 aromatic rings. The quantitative estimate of drug-likeness (QED) is 0.599. The van der Waals surface area contributed by atoms with Gasteiger partial charge in [0.15, 0.2) is 0 Å². The van der Waals surface area contributed by atoms with Crippen molar-refractivity contribution in [3.05, 3.63) is 65.7 Å². The van der Waals surface area contributed by atoms with E-state index in [4.69, 9.17) is 0 Å². The molecular formula is C25H28N4O4S. The highest BCUT2D eigenvalue weighted by molar-refractivity contribution is 7.89. The topological polar surface area (TPSA) is 119 Å². The van der Waals surface area contributed by atoms with Crippen LogP contribution < -0.4 is 10.6 Å². The summed E-state index contributed by atoms with van der Waals surface area (Å²) >= 11 is 0. The second-order valence-corrected chi connectivity index (χ2v) is 10.7. The predicted molar refractivity (Wildman–Crippen MR) is 126 cm³/mol. The van der Waals surface area contributed by atoms with Crippen molar-refractivity contribution in [2.75, 3.05) is 13.1 Å². The lowest BCUT2D eigenvalue weighted by atomic mass is 9.96. The smallest absolute Gasteiger partial charge is 0.244 e. The molecule has 2 fully saturated rings. The third-order valence-electron chi connectivity index (χ3n) is 6.29. The van der Waals surface area contributed by atoms with Gasteiger partial charge in [-0.1, -0.05) is 42.5 Å². The minimum Gasteiger partial charge on any atom is -0.352 e. The zero-order chi connectivity index (χ0) is 24.1. The number of nitrogens with zero attached hydrogens (tertiary/aromatic N) is 2. The van der Waals surface area contributed by atoms with Gasteiger partial charge in [-0.05, 0) is 43.4 Å². The number of hydrogen-bond donors (Lipinski definition) is 2. The van der Waals surface area contributed by atoms with Crippen molar-refractivity contribution >= 4 is 21.8 Å². The Morgan fingerprint density at radius 2 is 1.65 bits per heavy atom. The van der Waals surface area contributed by atoms with E-state index in [0.717, 1.165) is 18.4 Å². The second-order valence-electron chi connectivity index (χ2n) is 8.82. The van der Waals surface area contributed by atoms with E-state index < -0.39 is 16.1 Å². The molecule has 1 atom stereocenters. The molecule has 2 amide bonds. The first-order valence-electron chi connectivity index (χ1n) is 11.5. The lowest BCUT2D eigenvalue weighted by Gasteiger charge is -2.31. The number of amides is 2. The van der Waals surface area contributed by atoms with Gasteiger partial charge in [-0.15, -0.1) is 0 Å². The highest BCUT2D eigenvalue weighted by Crippen LogP contribution is 2.26. The normalized spacial score (nSPS) is 18.0. The van der Waals surface area contributed by atoms with Crippen LogP contribution in [0.4, 0.5) is 0 Å². The third-order valence-corrected chi connectivity index (χ3v) is 8.25. The molecular weight excluding hydrogens is 452 g/mol. The zero-order valence-corrected chi connectivity index (χ0v) is 19.6. The molecule has 8 nitrogen and oxygen atoms in total. The number of carbonyl (C=O) groups is 2. The molecule has 1 aliphatic heterocycles. The SMILES string of the molecule is N#Cc1ccccc1S(=O)(=O)N1CCC(C(=O)NC(Cc2ccccc2)C(=O)NC2CC2)CC1. The Morgan fingerprint density at radius 1 is 1.00 bits per heavy atom. The van der Waals surface area contributed by atoms with E-state index in [2.05, 4.69) is 10.6 Å². The fourth-order valence-electron chi connectivity index (χ4n) is 4.16. The molecule has 1 saturated heterocycles. The van der Waals surface area contributed by atoms with Gasteiger partial charge < -0.3 is 10.6 Å². The van der Waals surface area contributed by atoms with Crippen LogP contribution in [0.3, 0.4) is 0 Å². The van der Waals surface area contributed by atoms with Crippen LogP contribution in [0.2, 0.25) is 0 Å². The number of hydrogen-bond acceptors (Lipinski definition) is 5. The van der Waals surface area contributed by atoms with Crippen LogP contribution in [0.5, 0.6) is 0 Å². The van der Waals surface area contributed by atoms with E-state index in [1.807, 2.05) is 36.4 Å². The summed E-state index contributed by atoms with van der Waals surface area (Å²) in [6, 6.07) is 17.1. The highest BCUT2D eigenvalue weighted by atomic mass is 32.2. The Morgan fingerprint density at radius 3 is 2.29 bits per heavy atom. The summed E-state index contributed by atoms with van der Waals surface area (Å²) in [4.78, 5) is 25.8. The van der Waals surface area contributed by atoms with E-state index in [-0.39, 0.29) is 47.3 Å². The molecule has 0 bridgehead atoms. The molecule has 1 aliphatic carbocycles. The van der Waals surface area contributed by atoms with Gasteiger partial charge in [-0.2, -0.15) is 9.57 Å². The maximum absolute atomic E-state index is 13.0. The third kappa shape index (κ3) is 5.64. The molecule has 2 aromatic carbocycles. The fourth-order valence-corrected chi connectivity index (χ4v) is 5.77. The van der Waals surface area contributed by atoms with E-state index >= 15 is 0 Å². The Balaban J connectivity index is 1.39. The van der Waals surface area contributed by atoms with Crippen LogP contribution >= 0.6 is 0 Å². The van der Waals surface area contributed by atoms with Gasteiger partial charge in [0.1, 0.15) is 12.1 Å².